The number of Topliss-reactive ketones (excluding diaryl/α,β-unsaturated/α-hetero) is 1. The van der Waals surface area contributed by atoms with Crippen molar-refractivity contribution in [1.82, 2.24) is 9.29 Å². The summed E-state index contributed by atoms with van der Waals surface area (Å²) >= 11 is 1.51. The zero-order valence-electron chi connectivity index (χ0n) is 17.1. The van der Waals surface area contributed by atoms with Crippen LogP contribution in [0.25, 0.3) is 10.2 Å². The summed E-state index contributed by atoms with van der Waals surface area (Å²) in [7, 11) is -3.50. The van der Waals surface area contributed by atoms with Gasteiger partial charge < -0.3 is 5.32 Å². The number of nitrogens with one attached hydrogen (secondary N) is 1. The highest BCUT2D eigenvalue weighted by Gasteiger charge is 2.28. The van der Waals surface area contributed by atoms with Crippen molar-refractivity contribution >= 4 is 42.5 Å². The molecule has 0 unspecified atom stereocenters. The predicted octanol–water partition coefficient (Wildman–Crippen LogP) is 4.32. The maximum Gasteiger partial charge on any atom is 0.243 e. The molecule has 8 heteroatoms. The van der Waals surface area contributed by atoms with Crippen molar-refractivity contribution in [2.75, 3.05) is 25.0 Å². The molecule has 1 aromatic heterocycles. The number of anilines is 1. The van der Waals surface area contributed by atoms with Crippen LogP contribution in [0.4, 0.5) is 5.13 Å². The quantitative estimate of drug-likeness (QED) is 0.574. The lowest BCUT2D eigenvalue weighted by atomic mass is 10.0. The Kier molecular flexibility index (Phi) is 5.90. The van der Waals surface area contributed by atoms with E-state index in [9.17, 15) is 13.2 Å². The SMILES string of the molecule is Cc1ccc2nc(NCC(=O)c3ccc(S(=O)(=O)N4CCC(C)CC4)cc3)sc2c1. The third kappa shape index (κ3) is 4.40. The molecule has 3 aromatic rings. The molecule has 0 bridgehead atoms. The topological polar surface area (TPSA) is 79.4 Å². The van der Waals surface area contributed by atoms with Gasteiger partial charge in [0.25, 0.3) is 0 Å². The number of aryl methyl sites for hydroxylation is 1. The molecule has 1 fully saturated rings. The normalized spacial score (nSPS) is 16.1. The molecule has 0 saturated carbocycles. The van der Waals surface area contributed by atoms with E-state index in [1.807, 2.05) is 19.1 Å². The monoisotopic (exact) mass is 443 g/mol. The van der Waals surface area contributed by atoms with Crippen molar-refractivity contribution in [3.63, 3.8) is 0 Å². The number of aromatic nitrogens is 1. The summed E-state index contributed by atoms with van der Waals surface area (Å²) in [4.78, 5) is 17.3. The number of nitrogens with zero attached hydrogens (tertiary/aromatic N) is 2. The van der Waals surface area contributed by atoms with Gasteiger partial charge >= 0.3 is 0 Å². The lowest BCUT2D eigenvalue weighted by Crippen LogP contribution is -2.37. The third-order valence-corrected chi connectivity index (χ3v) is 8.39. The van der Waals surface area contributed by atoms with Crippen LogP contribution in [-0.4, -0.2) is 43.1 Å². The number of carbonyl (C=O) groups excluding carboxylic acids is 1. The summed E-state index contributed by atoms with van der Waals surface area (Å²) in [5.74, 6) is 0.449. The molecule has 2 aromatic carbocycles. The highest BCUT2D eigenvalue weighted by atomic mass is 32.2. The Labute approximate surface area is 181 Å². The van der Waals surface area contributed by atoms with Crippen LogP contribution in [0.1, 0.15) is 35.7 Å². The Morgan fingerprint density at radius 1 is 1.17 bits per heavy atom. The molecular weight excluding hydrogens is 418 g/mol. The molecule has 158 valence electrons. The number of hydrogen-bond acceptors (Lipinski definition) is 6. The van der Waals surface area contributed by atoms with Gasteiger partial charge in [0.1, 0.15) is 0 Å². The summed E-state index contributed by atoms with van der Waals surface area (Å²) in [5.41, 5.74) is 2.55. The summed E-state index contributed by atoms with van der Waals surface area (Å²) < 4.78 is 28.3. The van der Waals surface area contributed by atoms with Gasteiger partial charge in [-0.2, -0.15) is 4.31 Å². The van der Waals surface area contributed by atoms with E-state index in [0.29, 0.717) is 29.7 Å². The number of benzene rings is 2. The van der Waals surface area contributed by atoms with Gasteiger partial charge in [0.2, 0.25) is 10.0 Å². The first kappa shape index (κ1) is 21.0. The van der Waals surface area contributed by atoms with E-state index in [-0.39, 0.29) is 17.2 Å². The summed E-state index contributed by atoms with van der Waals surface area (Å²) in [5, 5.41) is 3.78. The van der Waals surface area contributed by atoms with E-state index < -0.39 is 10.0 Å². The van der Waals surface area contributed by atoms with E-state index in [1.54, 1.807) is 16.4 Å². The minimum Gasteiger partial charge on any atom is -0.354 e. The van der Waals surface area contributed by atoms with E-state index in [0.717, 1.165) is 23.1 Å². The van der Waals surface area contributed by atoms with Crippen molar-refractivity contribution in [2.24, 2.45) is 5.92 Å². The van der Waals surface area contributed by atoms with Crippen molar-refractivity contribution in [3.8, 4) is 0 Å². The van der Waals surface area contributed by atoms with Crippen LogP contribution >= 0.6 is 11.3 Å². The molecule has 0 spiro atoms. The first-order chi connectivity index (χ1) is 14.3. The summed E-state index contributed by atoms with van der Waals surface area (Å²) in [6.07, 6.45) is 1.76. The maximum absolute atomic E-state index is 12.8. The van der Waals surface area contributed by atoms with Crippen LogP contribution < -0.4 is 5.32 Å². The number of piperidine rings is 1. The van der Waals surface area contributed by atoms with Gasteiger partial charge in [-0.15, -0.1) is 0 Å². The van der Waals surface area contributed by atoms with Crippen molar-refractivity contribution in [1.29, 1.82) is 0 Å². The maximum atomic E-state index is 12.8. The van der Waals surface area contributed by atoms with Crippen LogP contribution in [0, 0.1) is 12.8 Å². The van der Waals surface area contributed by atoms with Gasteiger partial charge in [-0.25, -0.2) is 13.4 Å². The molecule has 30 heavy (non-hydrogen) atoms. The number of ketones is 1. The predicted molar refractivity (Wildman–Crippen MR) is 121 cm³/mol. The van der Waals surface area contributed by atoms with Crippen molar-refractivity contribution in [2.45, 2.75) is 31.6 Å². The number of hydrogen-bond donors (Lipinski definition) is 1. The lowest BCUT2D eigenvalue weighted by Gasteiger charge is -2.29. The van der Waals surface area contributed by atoms with Crippen LogP contribution in [0.3, 0.4) is 0 Å². The van der Waals surface area contributed by atoms with E-state index in [1.165, 1.54) is 29.0 Å². The summed E-state index contributed by atoms with van der Waals surface area (Å²) in [6.45, 7) is 5.39. The Bertz CT molecular complexity index is 1160. The second kappa shape index (κ2) is 8.45. The number of rotatable bonds is 6. The molecule has 4 rings (SSSR count). The number of carbonyl (C=O) groups is 1. The second-order valence-corrected chi connectivity index (χ2v) is 10.8. The first-order valence-electron chi connectivity index (χ1n) is 10.1. The number of fused-ring (bicyclic) bond motifs is 1. The standard InChI is InChI=1S/C22H25N3O3S2/c1-15-9-11-25(12-10-15)30(27,28)18-6-4-17(5-7-18)20(26)14-23-22-24-19-8-3-16(2)13-21(19)29-22/h3-8,13,15H,9-12,14H2,1-2H3,(H,23,24). The third-order valence-electron chi connectivity index (χ3n) is 5.50. The Morgan fingerprint density at radius 3 is 2.57 bits per heavy atom. The minimum absolute atomic E-state index is 0.106. The number of thiazole rings is 1. The van der Waals surface area contributed by atoms with Gasteiger partial charge in [-0.3, -0.25) is 4.79 Å². The molecular formula is C22H25N3O3S2. The molecule has 2 heterocycles. The molecule has 0 atom stereocenters. The largest absolute Gasteiger partial charge is 0.354 e. The zero-order chi connectivity index (χ0) is 21.3. The Hall–Kier alpha value is -2.29. The smallest absolute Gasteiger partial charge is 0.243 e. The van der Waals surface area contributed by atoms with Crippen LogP contribution in [0.2, 0.25) is 0 Å². The van der Waals surface area contributed by atoms with Crippen LogP contribution in [0.5, 0.6) is 0 Å². The fourth-order valence-electron chi connectivity index (χ4n) is 3.55. The first-order valence-corrected chi connectivity index (χ1v) is 12.3. The van der Waals surface area contributed by atoms with E-state index >= 15 is 0 Å². The lowest BCUT2D eigenvalue weighted by molar-refractivity contribution is 0.101. The number of sulfonamides is 1. The summed E-state index contributed by atoms with van der Waals surface area (Å²) in [6, 6.07) is 12.3. The van der Waals surface area contributed by atoms with Crippen molar-refractivity contribution in [3.05, 3.63) is 53.6 Å². The minimum atomic E-state index is -3.50. The second-order valence-electron chi connectivity index (χ2n) is 7.88. The molecule has 0 amide bonds. The molecule has 0 aliphatic carbocycles. The zero-order valence-corrected chi connectivity index (χ0v) is 18.7. The molecule has 1 N–H and O–H groups in total. The fourth-order valence-corrected chi connectivity index (χ4v) is 5.98. The van der Waals surface area contributed by atoms with Crippen LogP contribution in [-0.2, 0) is 10.0 Å². The highest BCUT2D eigenvalue weighted by molar-refractivity contribution is 7.89. The van der Waals surface area contributed by atoms with Gasteiger partial charge in [0.05, 0.1) is 21.7 Å². The Morgan fingerprint density at radius 2 is 1.87 bits per heavy atom. The average Bonchev–Trinajstić information content (AvgIpc) is 3.14. The van der Waals surface area contributed by atoms with Crippen LogP contribution in [0.15, 0.2) is 47.4 Å². The Balaban J connectivity index is 1.41. The molecule has 6 nitrogen and oxygen atoms in total. The fraction of sp³-hybridized carbons (Fsp3) is 0.364. The van der Waals surface area contributed by atoms with Gasteiger partial charge in [-0.05, 0) is 67.6 Å². The van der Waals surface area contributed by atoms with Gasteiger partial charge in [-0.1, -0.05) is 24.3 Å². The molecule has 1 aliphatic rings. The van der Waals surface area contributed by atoms with E-state index in [2.05, 4.69) is 23.3 Å². The average molecular weight is 444 g/mol. The van der Waals surface area contributed by atoms with E-state index in [4.69, 9.17) is 0 Å². The molecule has 1 aliphatic heterocycles. The van der Waals surface area contributed by atoms with Gasteiger partial charge in [0, 0.05) is 18.7 Å². The molecule has 0 radical (unpaired) electrons. The highest BCUT2D eigenvalue weighted by Crippen LogP contribution is 2.27. The molecule has 1 saturated heterocycles. The van der Waals surface area contributed by atoms with Crippen molar-refractivity contribution < 1.29 is 13.2 Å². The van der Waals surface area contributed by atoms with Gasteiger partial charge in [0.15, 0.2) is 10.9 Å².